The van der Waals surface area contributed by atoms with Gasteiger partial charge in [-0.3, -0.25) is 4.98 Å². The molecule has 1 aromatic heterocycles. The van der Waals surface area contributed by atoms with Crippen molar-refractivity contribution in [3.05, 3.63) is 24.0 Å². The van der Waals surface area contributed by atoms with Crippen molar-refractivity contribution < 1.29 is 5.11 Å². The van der Waals surface area contributed by atoms with Gasteiger partial charge in [-0.1, -0.05) is 0 Å². The van der Waals surface area contributed by atoms with E-state index in [4.69, 9.17) is 0 Å². The van der Waals surface area contributed by atoms with Gasteiger partial charge >= 0.3 is 0 Å². The second-order valence-corrected chi connectivity index (χ2v) is 4.35. The van der Waals surface area contributed by atoms with Gasteiger partial charge in [-0.05, 0) is 31.7 Å². The van der Waals surface area contributed by atoms with E-state index in [2.05, 4.69) is 23.9 Å². The summed E-state index contributed by atoms with van der Waals surface area (Å²) in [5, 5.41) is 9.24. The van der Waals surface area contributed by atoms with E-state index < -0.39 is 0 Å². The van der Waals surface area contributed by atoms with Gasteiger partial charge in [0.1, 0.15) is 0 Å². The molecule has 0 spiro atoms. The zero-order valence-electron chi connectivity index (χ0n) is 9.35. The quantitative estimate of drug-likeness (QED) is 0.816. The Labute approximate surface area is 90.8 Å². The third kappa shape index (κ3) is 2.12. The highest BCUT2D eigenvalue weighted by atomic mass is 16.3. The Balaban J connectivity index is 2.19. The van der Waals surface area contributed by atoms with Crippen LogP contribution in [0.2, 0.25) is 0 Å². The van der Waals surface area contributed by atoms with Crippen molar-refractivity contribution in [3.8, 4) is 0 Å². The van der Waals surface area contributed by atoms with Crippen LogP contribution < -0.4 is 4.90 Å². The molecule has 1 atom stereocenters. The molecule has 3 nitrogen and oxygen atoms in total. The molecule has 1 heterocycles. The zero-order valence-corrected chi connectivity index (χ0v) is 9.35. The van der Waals surface area contributed by atoms with Gasteiger partial charge in [0.2, 0.25) is 0 Å². The summed E-state index contributed by atoms with van der Waals surface area (Å²) in [6, 6.07) is 2.53. The Morgan fingerprint density at radius 1 is 1.60 bits per heavy atom. The minimum atomic E-state index is 0.0604. The molecule has 0 amide bonds. The number of aromatic nitrogens is 1. The molecule has 0 aromatic carbocycles. The Kier molecular flexibility index (Phi) is 2.91. The fraction of sp³-hybridized carbons (Fsp3) is 0.583. The number of aliphatic hydroxyl groups excluding tert-OH is 1. The van der Waals surface area contributed by atoms with Crippen LogP contribution >= 0.6 is 0 Å². The lowest BCUT2D eigenvalue weighted by Gasteiger charge is -2.28. The maximum atomic E-state index is 9.24. The molecule has 82 valence electrons. The summed E-state index contributed by atoms with van der Waals surface area (Å²) in [5.74, 6) is 0.828. The third-order valence-electron chi connectivity index (χ3n) is 3.34. The molecule has 1 N–H and O–H groups in total. The summed E-state index contributed by atoms with van der Waals surface area (Å²) < 4.78 is 0. The lowest BCUT2D eigenvalue weighted by Crippen LogP contribution is -2.31. The first-order chi connectivity index (χ1) is 7.24. The van der Waals surface area contributed by atoms with Gasteiger partial charge in [0.15, 0.2) is 0 Å². The van der Waals surface area contributed by atoms with Crippen LogP contribution in [0, 0.1) is 5.92 Å². The van der Waals surface area contributed by atoms with Crippen molar-refractivity contribution in [3.63, 3.8) is 0 Å². The van der Waals surface area contributed by atoms with Crippen LogP contribution in [0.3, 0.4) is 0 Å². The SMILES string of the molecule is CC(C1CC1)N(C)c1ccncc1CO. The number of pyridine rings is 1. The Bertz CT molecular complexity index is 336. The fourth-order valence-electron chi connectivity index (χ4n) is 2.00. The highest BCUT2D eigenvalue weighted by Crippen LogP contribution is 2.36. The number of rotatable bonds is 4. The molecule has 2 rings (SSSR count). The number of nitrogens with zero attached hydrogens (tertiary/aromatic N) is 2. The summed E-state index contributed by atoms with van der Waals surface area (Å²) in [7, 11) is 2.09. The van der Waals surface area contributed by atoms with Crippen molar-refractivity contribution >= 4 is 5.69 Å². The van der Waals surface area contributed by atoms with E-state index in [1.54, 1.807) is 12.4 Å². The van der Waals surface area contributed by atoms with Gasteiger partial charge in [0.25, 0.3) is 0 Å². The second kappa shape index (κ2) is 4.19. The van der Waals surface area contributed by atoms with Crippen LogP contribution in [-0.4, -0.2) is 23.2 Å². The highest BCUT2D eigenvalue weighted by Gasteiger charge is 2.31. The van der Waals surface area contributed by atoms with Gasteiger partial charge in [0, 0.05) is 36.7 Å². The normalized spacial score (nSPS) is 17.5. The van der Waals surface area contributed by atoms with Crippen LogP contribution in [0.4, 0.5) is 5.69 Å². The Morgan fingerprint density at radius 3 is 2.93 bits per heavy atom. The van der Waals surface area contributed by atoms with E-state index in [-0.39, 0.29) is 6.61 Å². The lowest BCUT2D eigenvalue weighted by atomic mass is 10.1. The van der Waals surface area contributed by atoms with Gasteiger partial charge in [-0.25, -0.2) is 0 Å². The average molecular weight is 206 g/mol. The minimum Gasteiger partial charge on any atom is -0.392 e. The number of anilines is 1. The molecule has 1 aliphatic rings. The maximum Gasteiger partial charge on any atom is 0.0717 e. The molecule has 1 unspecified atom stereocenters. The van der Waals surface area contributed by atoms with Crippen LogP contribution in [0.5, 0.6) is 0 Å². The van der Waals surface area contributed by atoms with Crippen molar-refractivity contribution in [2.45, 2.75) is 32.4 Å². The third-order valence-corrected chi connectivity index (χ3v) is 3.34. The number of aliphatic hydroxyl groups is 1. The highest BCUT2D eigenvalue weighted by molar-refractivity contribution is 5.52. The Hall–Kier alpha value is -1.09. The summed E-state index contributed by atoms with van der Waals surface area (Å²) >= 11 is 0. The van der Waals surface area contributed by atoms with Crippen LogP contribution in [-0.2, 0) is 6.61 Å². The number of hydrogen-bond donors (Lipinski definition) is 1. The predicted octanol–water partition coefficient (Wildman–Crippen LogP) is 1.81. The molecule has 0 saturated heterocycles. The summed E-state index contributed by atoms with van der Waals surface area (Å²) in [5.41, 5.74) is 2.01. The first kappa shape index (κ1) is 10.4. The Morgan fingerprint density at radius 2 is 2.33 bits per heavy atom. The van der Waals surface area contributed by atoms with E-state index in [0.29, 0.717) is 6.04 Å². The van der Waals surface area contributed by atoms with Gasteiger partial charge in [-0.2, -0.15) is 0 Å². The standard InChI is InChI=1S/C12H18N2O/c1-9(10-3-4-10)14(2)12-5-6-13-7-11(12)8-15/h5-7,9-10,15H,3-4,8H2,1-2H3. The molecular weight excluding hydrogens is 188 g/mol. The summed E-state index contributed by atoms with van der Waals surface area (Å²) in [6.07, 6.45) is 6.20. The monoisotopic (exact) mass is 206 g/mol. The molecule has 1 fully saturated rings. The van der Waals surface area contributed by atoms with E-state index in [1.807, 2.05) is 6.07 Å². The second-order valence-electron chi connectivity index (χ2n) is 4.35. The largest absolute Gasteiger partial charge is 0.392 e. The fourth-order valence-corrected chi connectivity index (χ4v) is 2.00. The molecular formula is C12H18N2O. The molecule has 0 radical (unpaired) electrons. The zero-order chi connectivity index (χ0) is 10.8. The van der Waals surface area contributed by atoms with Crippen LogP contribution in [0.25, 0.3) is 0 Å². The maximum absolute atomic E-state index is 9.24. The molecule has 0 aliphatic heterocycles. The molecule has 15 heavy (non-hydrogen) atoms. The van der Waals surface area contributed by atoms with Crippen molar-refractivity contribution in [2.75, 3.05) is 11.9 Å². The molecule has 1 saturated carbocycles. The predicted molar refractivity (Wildman–Crippen MR) is 60.7 cm³/mol. The van der Waals surface area contributed by atoms with Crippen molar-refractivity contribution in [2.24, 2.45) is 5.92 Å². The van der Waals surface area contributed by atoms with Gasteiger partial charge in [0.05, 0.1) is 6.61 Å². The van der Waals surface area contributed by atoms with E-state index >= 15 is 0 Å². The first-order valence-corrected chi connectivity index (χ1v) is 5.50. The van der Waals surface area contributed by atoms with Gasteiger partial charge in [-0.15, -0.1) is 0 Å². The average Bonchev–Trinajstić information content (AvgIpc) is 3.11. The smallest absolute Gasteiger partial charge is 0.0717 e. The van der Waals surface area contributed by atoms with E-state index in [1.165, 1.54) is 12.8 Å². The van der Waals surface area contributed by atoms with Crippen LogP contribution in [0.1, 0.15) is 25.3 Å². The van der Waals surface area contributed by atoms with Crippen molar-refractivity contribution in [1.82, 2.24) is 4.98 Å². The topological polar surface area (TPSA) is 36.4 Å². The summed E-state index contributed by atoms with van der Waals surface area (Å²) in [6.45, 7) is 2.31. The minimum absolute atomic E-state index is 0.0604. The van der Waals surface area contributed by atoms with Gasteiger partial charge < -0.3 is 10.0 Å². The molecule has 0 bridgehead atoms. The molecule has 3 heteroatoms. The van der Waals surface area contributed by atoms with Crippen LogP contribution in [0.15, 0.2) is 18.5 Å². The van der Waals surface area contributed by atoms with E-state index in [0.717, 1.165) is 17.2 Å². The first-order valence-electron chi connectivity index (χ1n) is 5.50. The molecule has 1 aromatic rings. The van der Waals surface area contributed by atoms with Crippen molar-refractivity contribution in [1.29, 1.82) is 0 Å². The lowest BCUT2D eigenvalue weighted by molar-refractivity contribution is 0.281. The van der Waals surface area contributed by atoms with E-state index in [9.17, 15) is 5.11 Å². The number of hydrogen-bond acceptors (Lipinski definition) is 3. The molecule has 1 aliphatic carbocycles. The summed E-state index contributed by atoms with van der Waals surface area (Å²) in [4.78, 5) is 6.29.